The zero-order chi connectivity index (χ0) is 19.7. The molecule has 5 rings (SSSR count). The second kappa shape index (κ2) is 7.62. The van der Waals surface area contributed by atoms with Crippen molar-refractivity contribution < 1.29 is 9.59 Å². The molecule has 0 N–H and O–H groups in total. The van der Waals surface area contributed by atoms with Gasteiger partial charge in [-0.15, -0.1) is 0 Å². The summed E-state index contributed by atoms with van der Waals surface area (Å²) in [6.07, 6.45) is 3.38. The maximum Gasteiger partial charge on any atom is 0.254 e. The lowest BCUT2D eigenvalue weighted by Gasteiger charge is -2.36. The third-order valence-corrected chi connectivity index (χ3v) is 5.86. The molecule has 3 aliphatic heterocycles. The van der Waals surface area contributed by atoms with Crippen LogP contribution in [0.5, 0.6) is 0 Å². The monoisotopic (exact) mass is 379 g/mol. The highest BCUT2D eigenvalue weighted by molar-refractivity contribution is 5.95. The molecule has 1 aromatic heterocycles. The molecule has 3 aliphatic rings. The van der Waals surface area contributed by atoms with E-state index in [-0.39, 0.29) is 29.3 Å². The van der Waals surface area contributed by atoms with Gasteiger partial charge in [0.1, 0.15) is 0 Å². The first-order valence-electron chi connectivity index (χ1n) is 9.91. The van der Waals surface area contributed by atoms with E-state index in [0.29, 0.717) is 31.7 Å². The van der Waals surface area contributed by atoms with Crippen LogP contribution in [-0.2, 0) is 17.9 Å². The molecule has 3 fully saturated rings. The van der Waals surface area contributed by atoms with Crippen molar-refractivity contribution in [2.75, 3.05) is 13.1 Å². The van der Waals surface area contributed by atoms with E-state index >= 15 is 0 Å². The van der Waals surface area contributed by atoms with Crippen molar-refractivity contribution in [3.05, 3.63) is 70.1 Å². The van der Waals surface area contributed by atoms with Crippen LogP contribution in [0.3, 0.4) is 0 Å². The number of benzene rings is 1. The molecule has 4 heterocycles. The van der Waals surface area contributed by atoms with Crippen LogP contribution in [-0.4, -0.2) is 45.3 Å². The first-order chi connectivity index (χ1) is 13.6. The summed E-state index contributed by atoms with van der Waals surface area (Å²) in [5, 5.41) is 0. The van der Waals surface area contributed by atoms with Crippen LogP contribution in [0.4, 0.5) is 0 Å². The smallest absolute Gasteiger partial charge is 0.254 e. The Morgan fingerprint density at radius 2 is 1.86 bits per heavy atom. The summed E-state index contributed by atoms with van der Waals surface area (Å²) in [5.41, 5.74) is 1.33. The SMILES string of the molecule is CCn1ccc(C(=O)N2C[C@H]3CC[C@@H](C2)N(Cc2ccccc2)C3=O)cc1=O. The molecule has 3 saturated heterocycles. The van der Waals surface area contributed by atoms with E-state index in [2.05, 4.69) is 0 Å². The highest BCUT2D eigenvalue weighted by Gasteiger charge is 2.41. The predicted octanol–water partition coefficient (Wildman–Crippen LogP) is 2.13. The quantitative estimate of drug-likeness (QED) is 0.818. The van der Waals surface area contributed by atoms with E-state index in [4.69, 9.17) is 0 Å². The molecule has 0 radical (unpaired) electrons. The van der Waals surface area contributed by atoms with Crippen LogP contribution in [0, 0.1) is 5.92 Å². The number of hydrogen-bond donors (Lipinski definition) is 0. The molecule has 0 saturated carbocycles. The van der Waals surface area contributed by atoms with Crippen molar-refractivity contribution >= 4 is 11.8 Å². The zero-order valence-corrected chi connectivity index (χ0v) is 16.1. The number of aryl methyl sites for hydroxylation is 1. The van der Waals surface area contributed by atoms with Gasteiger partial charge in [-0.05, 0) is 31.4 Å². The van der Waals surface area contributed by atoms with Gasteiger partial charge in [0.25, 0.3) is 11.5 Å². The molecule has 2 amide bonds. The first kappa shape index (κ1) is 18.5. The largest absolute Gasteiger partial charge is 0.336 e. The van der Waals surface area contributed by atoms with Crippen molar-refractivity contribution in [2.45, 2.75) is 38.9 Å². The molecule has 6 heteroatoms. The van der Waals surface area contributed by atoms with E-state index in [9.17, 15) is 14.4 Å². The van der Waals surface area contributed by atoms with Crippen molar-refractivity contribution in [3.8, 4) is 0 Å². The predicted molar refractivity (Wildman–Crippen MR) is 106 cm³/mol. The third-order valence-electron chi connectivity index (χ3n) is 5.86. The van der Waals surface area contributed by atoms with Gasteiger partial charge in [0, 0.05) is 50.0 Å². The van der Waals surface area contributed by atoms with Crippen molar-refractivity contribution in [3.63, 3.8) is 0 Å². The Bertz CT molecular complexity index is 938. The number of nitrogens with zero attached hydrogens (tertiary/aromatic N) is 3. The Balaban J connectivity index is 1.55. The van der Waals surface area contributed by atoms with E-state index < -0.39 is 0 Å². The molecule has 6 nitrogen and oxygen atoms in total. The number of carbonyl (C=O) groups is 2. The number of pyridine rings is 1. The normalized spacial score (nSPS) is 21.7. The molecule has 2 aromatic rings. The minimum atomic E-state index is -0.173. The van der Waals surface area contributed by atoms with Crippen LogP contribution in [0.2, 0.25) is 0 Å². The minimum Gasteiger partial charge on any atom is -0.336 e. The van der Waals surface area contributed by atoms with Crippen LogP contribution in [0.1, 0.15) is 35.7 Å². The maximum atomic E-state index is 13.0. The molecule has 2 atom stereocenters. The number of hydrogen-bond acceptors (Lipinski definition) is 3. The average Bonchev–Trinajstić information content (AvgIpc) is 3.00. The number of rotatable bonds is 4. The fourth-order valence-corrected chi connectivity index (χ4v) is 4.28. The fourth-order valence-electron chi connectivity index (χ4n) is 4.28. The molecule has 2 bridgehead atoms. The molecule has 0 aliphatic carbocycles. The lowest BCUT2D eigenvalue weighted by molar-refractivity contribution is -0.140. The molecule has 0 unspecified atom stereocenters. The highest BCUT2D eigenvalue weighted by atomic mass is 16.2. The minimum absolute atomic E-state index is 0.0198. The van der Waals surface area contributed by atoms with Gasteiger partial charge in [-0.2, -0.15) is 0 Å². The average molecular weight is 379 g/mol. The van der Waals surface area contributed by atoms with E-state index in [1.807, 2.05) is 42.2 Å². The lowest BCUT2D eigenvalue weighted by atomic mass is 9.93. The van der Waals surface area contributed by atoms with Crippen LogP contribution in [0.25, 0.3) is 0 Å². The van der Waals surface area contributed by atoms with Crippen LogP contribution in [0.15, 0.2) is 53.5 Å². The molecule has 28 heavy (non-hydrogen) atoms. The summed E-state index contributed by atoms with van der Waals surface area (Å²) < 4.78 is 1.56. The number of amides is 2. The Labute approximate surface area is 164 Å². The summed E-state index contributed by atoms with van der Waals surface area (Å²) in [6, 6.07) is 13.1. The van der Waals surface area contributed by atoms with Gasteiger partial charge in [0.15, 0.2) is 0 Å². The number of carbonyl (C=O) groups excluding carboxylic acids is 2. The Hall–Kier alpha value is -2.89. The molecule has 146 valence electrons. The van der Waals surface area contributed by atoms with Gasteiger partial charge in [-0.1, -0.05) is 30.3 Å². The van der Waals surface area contributed by atoms with Gasteiger partial charge in [-0.3, -0.25) is 14.4 Å². The first-order valence-corrected chi connectivity index (χ1v) is 9.91. The number of aromatic nitrogens is 1. The molecular formula is C22H25N3O3. The Morgan fingerprint density at radius 3 is 2.57 bits per heavy atom. The molecule has 1 aromatic carbocycles. The number of fused-ring (bicyclic) bond motifs is 4. The van der Waals surface area contributed by atoms with E-state index in [1.165, 1.54) is 6.07 Å². The summed E-state index contributed by atoms with van der Waals surface area (Å²) in [7, 11) is 0. The third kappa shape index (κ3) is 3.46. The summed E-state index contributed by atoms with van der Waals surface area (Å²) >= 11 is 0. The zero-order valence-electron chi connectivity index (χ0n) is 16.1. The van der Waals surface area contributed by atoms with Crippen molar-refractivity contribution in [2.24, 2.45) is 5.92 Å². The van der Waals surface area contributed by atoms with Gasteiger partial charge in [-0.25, -0.2) is 0 Å². The summed E-state index contributed by atoms with van der Waals surface area (Å²) in [4.78, 5) is 41.8. The van der Waals surface area contributed by atoms with Crippen LogP contribution < -0.4 is 5.56 Å². The Kier molecular flexibility index (Phi) is 5.03. The topological polar surface area (TPSA) is 62.6 Å². The van der Waals surface area contributed by atoms with E-state index in [1.54, 1.807) is 21.7 Å². The van der Waals surface area contributed by atoms with Crippen molar-refractivity contribution in [1.82, 2.24) is 14.4 Å². The lowest BCUT2D eigenvalue weighted by Crippen LogP contribution is -2.47. The van der Waals surface area contributed by atoms with Gasteiger partial charge in [0.05, 0.1) is 5.92 Å². The number of piperidine rings is 1. The molecular weight excluding hydrogens is 354 g/mol. The second-order valence-electron chi connectivity index (χ2n) is 7.63. The van der Waals surface area contributed by atoms with Gasteiger partial charge < -0.3 is 14.4 Å². The second-order valence-corrected chi connectivity index (χ2v) is 7.63. The van der Waals surface area contributed by atoms with Crippen LogP contribution >= 0.6 is 0 Å². The van der Waals surface area contributed by atoms with Gasteiger partial charge >= 0.3 is 0 Å². The van der Waals surface area contributed by atoms with E-state index in [0.717, 1.165) is 18.4 Å². The summed E-state index contributed by atoms with van der Waals surface area (Å²) in [5.74, 6) is -0.189. The highest BCUT2D eigenvalue weighted by Crippen LogP contribution is 2.31. The fraction of sp³-hybridized carbons (Fsp3) is 0.409. The standard InChI is InChI=1S/C22H25N3O3/c1-2-23-11-10-17(12-20(23)26)21(27)24-14-18-8-9-19(15-24)25(22(18)28)13-16-6-4-3-5-7-16/h3-7,10-12,18-19H,2,8-9,13-15H2,1H3/t18-,19+/m1/s1. The summed E-state index contributed by atoms with van der Waals surface area (Å²) in [6.45, 7) is 3.99. The molecule has 0 spiro atoms. The maximum absolute atomic E-state index is 13.0. The van der Waals surface area contributed by atoms with Gasteiger partial charge in [0.2, 0.25) is 5.91 Å². The Morgan fingerprint density at radius 1 is 1.07 bits per heavy atom. The van der Waals surface area contributed by atoms with Crippen molar-refractivity contribution in [1.29, 1.82) is 0 Å².